The van der Waals surface area contributed by atoms with Crippen LogP contribution >= 0.6 is 0 Å². The third kappa shape index (κ3) is 5.85. The molecule has 7 heteroatoms. The standard InChI is InChI=1S/C17H17N3O4/c1-11(19)14(9-18)16(22)10-24-17(23)15(20-12(2)21)8-13-6-4-3-5-7-13/h3-8,14,19H,10H2,1-2H3,(H,20,21)/b15-8-,19-11?. The molecule has 0 aromatic heterocycles. The fraction of sp³-hybridized carbons (Fsp3) is 0.235. The summed E-state index contributed by atoms with van der Waals surface area (Å²) in [5, 5.41) is 18.5. The number of benzene rings is 1. The van der Waals surface area contributed by atoms with Crippen LogP contribution in [0.1, 0.15) is 19.4 Å². The van der Waals surface area contributed by atoms with Crippen molar-refractivity contribution in [3.63, 3.8) is 0 Å². The van der Waals surface area contributed by atoms with Crippen LogP contribution in [0.5, 0.6) is 0 Å². The van der Waals surface area contributed by atoms with Crippen LogP contribution in [0.2, 0.25) is 0 Å². The molecular weight excluding hydrogens is 310 g/mol. The van der Waals surface area contributed by atoms with Gasteiger partial charge < -0.3 is 15.5 Å². The topological polar surface area (TPSA) is 120 Å². The van der Waals surface area contributed by atoms with Crippen molar-refractivity contribution in [3.05, 3.63) is 41.6 Å². The molecule has 0 heterocycles. The summed E-state index contributed by atoms with van der Waals surface area (Å²) in [6, 6.07) is 10.5. The van der Waals surface area contributed by atoms with E-state index in [2.05, 4.69) is 5.32 Å². The van der Waals surface area contributed by atoms with Crippen molar-refractivity contribution in [2.45, 2.75) is 13.8 Å². The summed E-state index contributed by atoms with van der Waals surface area (Å²) >= 11 is 0. The van der Waals surface area contributed by atoms with Gasteiger partial charge in [0.15, 0.2) is 12.4 Å². The molecule has 124 valence electrons. The third-order valence-corrected chi connectivity index (χ3v) is 2.87. The molecule has 0 spiro atoms. The lowest BCUT2D eigenvalue weighted by atomic mass is 10.0. The maximum Gasteiger partial charge on any atom is 0.355 e. The van der Waals surface area contributed by atoms with E-state index >= 15 is 0 Å². The van der Waals surface area contributed by atoms with Crippen LogP contribution in [-0.4, -0.2) is 30.0 Å². The van der Waals surface area contributed by atoms with Gasteiger partial charge in [-0.05, 0) is 18.6 Å². The van der Waals surface area contributed by atoms with Gasteiger partial charge in [-0.15, -0.1) is 0 Å². The average Bonchev–Trinajstić information content (AvgIpc) is 2.52. The van der Waals surface area contributed by atoms with Crippen molar-refractivity contribution in [2.75, 3.05) is 6.61 Å². The molecule has 0 fully saturated rings. The molecule has 0 aliphatic rings. The largest absolute Gasteiger partial charge is 0.453 e. The highest BCUT2D eigenvalue weighted by Crippen LogP contribution is 2.07. The van der Waals surface area contributed by atoms with Crippen LogP contribution in [-0.2, 0) is 19.1 Å². The van der Waals surface area contributed by atoms with E-state index in [1.165, 1.54) is 19.9 Å². The molecule has 1 rings (SSSR count). The Balaban J connectivity index is 2.85. The van der Waals surface area contributed by atoms with Crippen molar-refractivity contribution in [1.29, 1.82) is 10.7 Å². The number of hydrogen-bond acceptors (Lipinski definition) is 6. The number of esters is 1. The highest BCUT2D eigenvalue weighted by Gasteiger charge is 2.22. The van der Waals surface area contributed by atoms with Gasteiger partial charge in [0.2, 0.25) is 5.91 Å². The zero-order chi connectivity index (χ0) is 18.1. The van der Waals surface area contributed by atoms with Gasteiger partial charge in [0, 0.05) is 12.6 Å². The maximum absolute atomic E-state index is 12.1. The molecular formula is C17H17N3O4. The minimum absolute atomic E-state index is 0.124. The zero-order valence-electron chi connectivity index (χ0n) is 13.3. The Kier molecular flexibility index (Phi) is 7.04. The summed E-state index contributed by atoms with van der Waals surface area (Å²) in [7, 11) is 0. The quantitative estimate of drug-likeness (QED) is 0.446. The minimum Gasteiger partial charge on any atom is -0.453 e. The van der Waals surface area contributed by atoms with Crippen molar-refractivity contribution in [3.8, 4) is 6.07 Å². The highest BCUT2D eigenvalue weighted by molar-refractivity contribution is 6.06. The Morgan fingerprint density at radius 3 is 2.42 bits per heavy atom. The molecule has 0 saturated carbocycles. The lowest BCUT2D eigenvalue weighted by Gasteiger charge is -2.10. The minimum atomic E-state index is -1.25. The van der Waals surface area contributed by atoms with Gasteiger partial charge in [0.25, 0.3) is 0 Å². The van der Waals surface area contributed by atoms with E-state index in [1.54, 1.807) is 36.4 Å². The second kappa shape index (κ2) is 9.00. The molecule has 0 saturated heterocycles. The van der Waals surface area contributed by atoms with E-state index in [-0.39, 0.29) is 11.4 Å². The van der Waals surface area contributed by atoms with Crippen molar-refractivity contribution in [1.82, 2.24) is 5.32 Å². The van der Waals surface area contributed by atoms with Crippen LogP contribution in [0, 0.1) is 22.7 Å². The van der Waals surface area contributed by atoms with E-state index in [0.29, 0.717) is 5.56 Å². The van der Waals surface area contributed by atoms with Crippen LogP contribution in [0.4, 0.5) is 0 Å². The van der Waals surface area contributed by atoms with E-state index in [4.69, 9.17) is 15.4 Å². The van der Waals surface area contributed by atoms with E-state index < -0.39 is 30.2 Å². The lowest BCUT2D eigenvalue weighted by Crippen LogP contribution is -2.30. The Bertz CT molecular complexity index is 717. The smallest absolute Gasteiger partial charge is 0.355 e. The Hall–Kier alpha value is -3.27. The first-order valence-corrected chi connectivity index (χ1v) is 7.04. The summed E-state index contributed by atoms with van der Waals surface area (Å²) < 4.78 is 4.85. The van der Waals surface area contributed by atoms with Gasteiger partial charge >= 0.3 is 5.97 Å². The third-order valence-electron chi connectivity index (χ3n) is 2.87. The molecule has 24 heavy (non-hydrogen) atoms. The molecule has 1 unspecified atom stereocenters. The average molecular weight is 327 g/mol. The number of ketones is 1. The number of amides is 1. The number of Topliss-reactive ketones (excluding diaryl/α,β-unsaturated/α-hetero) is 1. The van der Waals surface area contributed by atoms with Gasteiger partial charge in [-0.3, -0.25) is 9.59 Å². The van der Waals surface area contributed by atoms with Crippen molar-refractivity contribution < 1.29 is 19.1 Å². The second-order valence-electron chi connectivity index (χ2n) is 4.94. The van der Waals surface area contributed by atoms with E-state index in [0.717, 1.165) is 0 Å². The number of hydrogen-bond donors (Lipinski definition) is 2. The molecule has 1 atom stereocenters. The van der Waals surface area contributed by atoms with Crippen LogP contribution in [0.15, 0.2) is 36.0 Å². The second-order valence-corrected chi connectivity index (χ2v) is 4.94. The molecule has 0 bridgehead atoms. The van der Waals surface area contributed by atoms with Gasteiger partial charge in [-0.1, -0.05) is 30.3 Å². The number of nitriles is 1. The van der Waals surface area contributed by atoms with Crippen LogP contribution < -0.4 is 5.32 Å². The predicted octanol–water partition coefficient (Wildman–Crippen LogP) is 1.46. The number of carbonyl (C=O) groups excluding carboxylic acids is 3. The van der Waals surface area contributed by atoms with E-state index in [1.807, 2.05) is 0 Å². The first kappa shape index (κ1) is 18.8. The molecule has 1 aromatic rings. The lowest BCUT2D eigenvalue weighted by molar-refractivity contribution is -0.145. The highest BCUT2D eigenvalue weighted by atomic mass is 16.5. The number of ether oxygens (including phenoxy) is 1. The normalized spacial score (nSPS) is 11.8. The summed E-state index contributed by atoms with van der Waals surface area (Å²) in [6.45, 7) is 1.91. The Morgan fingerprint density at radius 2 is 1.92 bits per heavy atom. The van der Waals surface area contributed by atoms with Gasteiger partial charge in [-0.2, -0.15) is 5.26 Å². The Labute approximate surface area is 139 Å². The van der Waals surface area contributed by atoms with Gasteiger partial charge in [0.05, 0.1) is 6.07 Å². The molecule has 1 aromatic carbocycles. The molecule has 0 aliphatic carbocycles. The first-order chi connectivity index (χ1) is 11.3. The fourth-order valence-corrected chi connectivity index (χ4v) is 1.76. The molecule has 7 nitrogen and oxygen atoms in total. The maximum atomic E-state index is 12.1. The number of nitrogens with zero attached hydrogens (tertiary/aromatic N) is 1. The van der Waals surface area contributed by atoms with E-state index in [9.17, 15) is 14.4 Å². The summed E-state index contributed by atoms with van der Waals surface area (Å²) in [6.07, 6.45) is 1.41. The van der Waals surface area contributed by atoms with Crippen LogP contribution in [0.25, 0.3) is 6.08 Å². The summed E-state index contributed by atoms with van der Waals surface area (Å²) in [5.41, 5.74) is 0.414. The zero-order valence-corrected chi connectivity index (χ0v) is 13.3. The summed E-state index contributed by atoms with van der Waals surface area (Å²) in [4.78, 5) is 35.1. The van der Waals surface area contributed by atoms with Crippen LogP contribution in [0.3, 0.4) is 0 Å². The molecule has 2 N–H and O–H groups in total. The first-order valence-electron chi connectivity index (χ1n) is 7.04. The van der Waals surface area contributed by atoms with Crippen molar-refractivity contribution in [2.24, 2.45) is 5.92 Å². The number of nitrogens with one attached hydrogen (secondary N) is 2. The number of carbonyl (C=O) groups is 3. The SMILES string of the molecule is CC(=N)C(C#N)C(=O)COC(=O)/C(=C/c1ccccc1)NC(C)=O. The number of rotatable bonds is 7. The van der Waals surface area contributed by atoms with Gasteiger partial charge in [-0.25, -0.2) is 4.79 Å². The fourth-order valence-electron chi connectivity index (χ4n) is 1.76. The monoisotopic (exact) mass is 327 g/mol. The molecule has 0 aliphatic heterocycles. The Morgan fingerprint density at radius 1 is 1.29 bits per heavy atom. The molecule has 1 amide bonds. The summed E-state index contributed by atoms with van der Waals surface area (Å²) in [5.74, 6) is -3.31. The van der Waals surface area contributed by atoms with Crippen molar-refractivity contribution >= 4 is 29.4 Å². The van der Waals surface area contributed by atoms with Gasteiger partial charge in [0.1, 0.15) is 11.6 Å². The molecule has 0 radical (unpaired) electrons. The predicted molar refractivity (Wildman–Crippen MR) is 86.7 cm³/mol.